The lowest BCUT2D eigenvalue weighted by molar-refractivity contribution is 0.112. The van der Waals surface area contributed by atoms with Gasteiger partial charge in [0.25, 0.3) is 0 Å². The smallest absolute Gasteiger partial charge is 0.152 e. The van der Waals surface area contributed by atoms with Gasteiger partial charge in [-0.1, -0.05) is 0 Å². The molecule has 0 aliphatic carbocycles. The molecule has 1 aromatic carbocycles. The van der Waals surface area contributed by atoms with E-state index in [4.69, 9.17) is 0 Å². The quantitative estimate of drug-likeness (QED) is 0.686. The number of benzene rings is 1. The highest BCUT2D eigenvalue weighted by Crippen LogP contribution is 2.33. The Morgan fingerprint density at radius 3 is 1.94 bits per heavy atom. The number of hydrogen-bond donors (Lipinski definition) is 0. The van der Waals surface area contributed by atoms with Crippen LogP contribution < -0.4 is 0 Å². The number of aryl methyl sites for hydroxylation is 3. The maximum absolute atomic E-state index is 11.3. The first-order valence-electron chi connectivity index (χ1n) is 5.92. The molecule has 0 radical (unpaired) electrons. The number of aldehydes is 1. The Morgan fingerprint density at radius 2 is 1.41 bits per heavy atom. The van der Waals surface area contributed by atoms with E-state index in [1.165, 1.54) is 27.8 Å². The fourth-order valence-electron chi connectivity index (χ4n) is 2.72. The van der Waals surface area contributed by atoms with Crippen LogP contribution in [0.2, 0.25) is 0 Å². The largest absolute Gasteiger partial charge is 0.347 e. The van der Waals surface area contributed by atoms with Gasteiger partial charge in [0.2, 0.25) is 0 Å². The van der Waals surface area contributed by atoms with Crippen molar-refractivity contribution in [1.82, 2.24) is 4.57 Å². The molecule has 0 spiro atoms. The van der Waals surface area contributed by atoms with E-state index in [0.29, 0.717) is 0 Å². The predicted molar refractivity (Wildman–Crippen MR) is 72.0 cm³/mol. The van der Waals surface area contributed by atoms with Gasteiger partial charge in [-0.25, -0.2) is 0 Å². The molecule has 0 saturated carbocycles. The standard InChI is InChI=1S/C15H19NO/c1-8-9(2)11(4)15-14(10(8)3)13(7-17)12(5)16(15)6/h7H,1-6H3. The number of carbonyl (C=O) groups excluding carboxylic acids is 1. The fourth-order valence-corrected chi connectivity index (χ4v) is 2.72. The van der Waals surface area contributed by atoms with Crippen LogP contribution in [0.15, 0.2) is 0 Å². The molecule has 90 valence electrons. The summed E-state index contributed by atoms with van der Waals surface area (Å²) in [7, 11) is 2.03. The highest BCUT2D eigenvalue weighted by Gasteiger charge is 2.18. The third-order valence-corrected chi connectivity index (χ3v) is 4.27. The molecule has 0 bridgehead atoms. The maximum atomic E-state index is 11.3. The summed E-state index contributed by atoms with van der Waals surface area (Å²) in [6.07, 6.45) is 0.985. The first kappa shape index (κ1) is 11.9. The van der Waals surface area contributed by atoms with Crippen LogP contribution in [0.5, 0.6) is 0 Å². The van der Waals surface area contributed by atoms with Crippen molar-refractivity contribution >= 4 is 17.2 Å². The van der Waals surface area contributed by atoms with E-state index < -0.39 is 0 Å². The molecule has 0 saturated heterocycles. The Morgan fingerprint density at radius 1 is 0.882 bits per heavy atom. The lowest BCUT2D eigenvalue weighted by Crippen LogP contribution is -1.97. The molecule has 2 nitrogen and oxygen atoms in total. The van der Waals surface area contributed by atoms with Gasteiger partial charge in [-0.15, -0.1) is 0 Å². The van der Waals surface area contributed by atoms with Crippen LogP contribution in [0, 0.1) is 34.6 Å². The van der Waals surface area contributed by atoms with Gasteiger partial charge in [0.15, 0.2) is 6.29 Å². The normalized spacial score (nSPS) is 11.2. The zero-order valence-corrected chi connectivity index (χ0v) is 11.4. The van der Waals surface area contributed by atoms with E-state index in [1.54, 1.807) is 0 Å². The molecule has 0 aliphatic rings. The summed E-state index contributed by atoms with van der Waals surface area (Å²) in [6, 6.07) is 0. The molecule has 0 unspecified atom stereocenters. The first-order chi connectivity index (χ1) is 7.91. The Balaban J connectivity index is 3.17. The molecular formula is C15H19NO. The molecule has 1 aromatic heterocycles. The topological polar surface area (TPSA) is 22.0 Å². The van der Waals surface area contributed by atoms with Gasteiger partial charge in [0.05, 0.1) is 5.52 Å². The second kappa shape index (κ2) is 3.73. The SMILES string of the molecule is Cc1c(C)c(C)c2c(c1C)c(C=O)c(C)n2C. The van der Waals surface area contributed by atoms with Crippen LogP contribution in [0.4, 0.5) is 0 Å². The van der Waals surface area contributed by atoms with Gasteiger partial charge in [-0.2, -0.15) is 0 Å². The maximum Gasteiger partial charge on any atom is 0.152 e. The summed E-state index contributed by atoms with van der Waals surface area (Å²) in [5.41, 5.74) is 8.22. The van der Waals surface area contributed by atoms with Crippen LogP contribution >= 0.6 is 0 Å². The Hall–Kier alpha value is -1.57. The minimum atomic E-state index is 0.839. The highest BCUT2D eigenvalue weighted by atomic mass is 16.1. The number of fused-ring (bicyclic) bond motifs is 1. The summed E-state index contributed by atoms with van der Waals surface area (Å²) >= 11 is 0. The van der Waals surface area contributed by atoms with E-state index >= 15 is 0 Å². The third-order valence-electron chi connectivity index (χ3n) is 4.27. The van der Waals surface area contributed by atoms with Gasteiger partial charge >= 0.3 is 0 Å². The van der Waals surface area contributed by atoms with Crippen LogP contribution in [-0.4, -0.2) is 10.9 Å². The van der Waals surface area contributed by atoms with E-state index in [1.807, 2.05) is 14.0 Å². The summed E-state index contributed by atoms with van der Waals surface area (Å²) in [5, 5.41) is 1.13. The Bertz CT molecular complexity index is 633. The zero-order valence-electron chi connectivity index (χ0n) is 11.4. The van der Waals surface area contributed by atoms with Crippen molar-refractivity contribution < 1.29 is 4.79 Å². The average Bonchev–Trinajstić information content (AvgIpc) is 2.57. The molecule has 0 amide bonds. The molecule has 17 heavy (non-hydrogen) atoms. The molecule has 2 aromatic rings. The van der Waals surface area contributed by atoms with Crippen LogP contribution in [0.3, 0.4) is 0 Å². The summed E-state index contributed by atoms with van der Waals surface area (Å²) in [6.45, 7) is 10.5. The molecule has 2 heteroatoms. The molecule has 1 heterocycles. The van der Waals surface area contributed by atoms with Gasteiger partial charge in [-0.05, 0) is 56.9 Å². The van der Waals surface area contributed by atoms with Crippen molar-refractivity contribution in [1.29, 1.82) is 0 Å². The van der Waals surface area contributed by atoms with Crippen LogP contribution in [0.1, 0.15) is 38.3 Å². The van der Waals surface area contributed by atoms with Gasteiger partial charge in [0.1, 0.15) is 0 Å². The minimum absolute atomic E-state index is 0.839. The van der Waals surface area contributed by atoms with E-state index in [0.717, 1.165) is 22.9 Å². The number of nitrogens with zero attached hydrogens (tertiary/aromatic N) is 1. The van der Waals surface area contributed by atoms with E-state index in [9.17, 15) is 4.79 Å². The lowest BCUT2D eigenvalue weighted by atomic mass is 9.94. The van der Waals surface area contributed by atoms with E-state index in [-0.39, 0.29) is 0 Å². The molecule has 2 rings (SSSR count). The third kappa shape index (κ3) is 1.36. The number of carbonyl (C=O) groups is 1. The lowest BCUT2D eigenvalue weighted by Gasteiger charge is -2.12. The summed E-state index contributed by atoms with van der Waals surface area (Å²) in [5.74, 6) is 0. The molecule has 0 N–H and O–H groups in total. The molecule has 0 aliphatic heterocycles. The van der Waals surface area contributed by atoms with E-state index in [2.05, 4.69) is 32.3 Å². The van der Waals surface area contributed by atoms with Gasteiger partial charge in [0, 0.05) is 23.7 Å². The first-order valence-corrected chi connectivity index (χ1v) is 5.92. The number of rotatable bonds is 1. The molecule has 0 fully saturated rings. The van der Waals surface area contributed by atoms with Crippen LogP contribution in [0.25, 0.3) is 10.9 Å². The minimum Gasteiger partial charge on any atom is -0.347 e. The average molecular weight is 229 g/mol. The molecular weight excluding hydrogens is 210 g/mol. The van der Waals surface area contributed by atoms with Crippen molar-refractivity contribution in [2.24, 2.45) is 7.05 Å². The Labute approximate surface area is 102 Å². The predicted octanol–water partition coefficient (Wildman–Crippen LogP) is 3.53. The summed E-state index contributed by atoms with van der Waals surface area (Å²) in [4.78, 5) is 11.3. The van der Waals surface area contributed by atoms with Gasteiger partial charge in [-0.3, -0.25) is 4.79 Å². The highest BCUT2D eigenvalue weighted by molar-refractivity contribution is 6.03. The van der Waals surface area contributed by atoms with Crippen molar-refractivity contribution in [3.8, 4) is 0 Å². The molecule has 0 atom stereocenters. The van der Waals surface area contributed by atoms with Crippen molar-refractivity contribution in [2.45, 2.75) is 34.6 Å². The monoisotopic (exact) mass is 229 g/mol. The number of aromatic nitrogens is 1. The fraction of sp³-hybridized carbons (Fsp3) is 0.400. The van der Waals surface area contributed by atoms with Crippen molar-refractivity contribution in [3.63, 3.8) is 0 Å². The second-order valence-electron chi connectivity index (χ2n) is 4.90. The Kier molecular flexibility index (Phi) is 2.61. The number of hydrogen-bond acceptors (Lipinski definition) is 1. The van der Waals surface area contributed by atoms with Gasteiger partial charge < -0.3 is 4.57 Å². The van der Waals surface area contributed by atoms with Crippen molar-refractivity contribution in [3.05, 3.63) is 33.5 Å². The zero-order chi connectivity index (χ0) is 12.9. The summed E-state index contributed by atoms with van der Waals surface area (Å²) < 4.78 is 2.13. The van der Waals surface area contributed by atoms with Crippen LogP contribution in [-0.2, 0) is 7.05 Å². The second-order valence-corrected chi connectivity index (χ2v) is 4.90. The van der Waals surface area contributed by atoms with Crippen molar-refractivity contribution in [2.75, 3.05) is 0 Å².